The molecular formula is C12H16FIN2O2. The predicted molar refractivity (Wildman–Crippen MR) is 78.4 cm³/mol. The van der Waals surface area contributed by atoms with Crippen LogP contribution in [0.1, 0.15) is 32.6 Å². The lowest BCUT2D eigenvalue weighted by Crippen LogP contribution is -2.05. The molecule has 4 nitrogen and oxygen atoms in total. The van der Waals surface area contributed by atoms with Crippen molar-refractivity contribution < 1.29 is 9.31 Å². The molecule has 1 N–H and O–H groups in total. The van der Waals surface area contributed by atoms with Gasteiger partial charge in [0, 0.05) is 18.7 Å². The molecule has 18 heavy (non-hydrogen) atoms. The highest BCUT2D eigenvalue weighted by molar-refractivity contribution is 14.1. The van der Waals surface area contributed by atoms with E-state index in [2.05, 4.69) is 12.2 Å². The van der Waals surface area contributed by atoms with Crippen molar-refractivity contribution >= 4 is 34.0 Å². The van der Waals surface area contributed by atoms with Crippen LogP contribution in [-0.2, 0) is 0 Å². The van der Waals surface area contributed by atoms with Gasteiger partial charge >= 0.3 is 0 Å². The summed E-state index contributed by atoms with van der Waals surface area (Å²) in [6.07, 6.45) is 4.28. The van der Waals surface area contributed by atoms with E-state index >= 15 is 0 Å². The molecule has 0 radical (unpaired) electrons. The number of unbranched alkanes of at least 4 members (excludes halogenated alkanes) is 3. The van der Waals surface area contributed by atoms with Crippen LogP contribution in [0, 0.1) is 19.5 Å². The molecular weight excluding hydrogens is 350 g/mol. The molecule has 1 rings (SSSR count). The largest absolute Gasteiger partial charge is 0.379 e. The molecule has 0 bridgehead atoms. The quantitative estimate of drug-likeness (QED) is 0.338. The number of anilines is 1. The van der Waals surface area contributed by atoms with E-state index in [-0.39, 0.29) is 14.9 Å². The van der Waals surface area contributed by atoms with Crippen molar-refractivity contribution in [1.82, 2.24) is 0 Å². The minimum atomic E-state index is -0.490. The topological polar surface area (TPSA) is 55.2 Å². The number of rotatable bonds is 7. The summed E-state index contributed by atoms with van der Waals surface area (Å²) >= 11 is 1.75. The Hall–Kier alpha value is -0.920. The van der Waals surface area contributed by atoms with Gasteiger partial charge in [0.1, 0.15) is 11.5 Å². The standard InChI is InChI=1S/C12H16FIN2O2/c1-2-3-4-5-6-15-11-7-9(13)10(14)8-12(11)16(17)18/h7-8,15H,2-6H2,1H3. The average Bonchev–Trinajstić information content (AvgIpc) is 2.32. The number of nitrogens with zero attached hydrogens (tertiary/aromatic N) is 1. The summed E-state index contributed by atoms with van der Waals surface area (Å²) < 4.78 is 13.6. The van der Waals surface area contributed by atoms with Crippen LogP contribution in [0.25, 0.3) is 0 Å². The van der Waals surface area contributed by atoms with E-state index in [0.29, 0.717) is 6.54 Å². The molecule has 1 aromatic rings. The first-order valence-corrected chi connectivity index (χ1v) is 7.01. The van der Waals surface area contributed by atoms with Gasteiger partial charge < -0.3 is 5.32 Å². The SMILES string of the molecule is CCCCCCNc1cc(F)c(I)cc1[N+](=O)[O-]. The van der Waals surface area contributed by atoms with Crippen molar-refractivity contribution in [1.29, 1.82) is 0 Å². The Morgan fingerprint density at radius 1 is 1.39 bits per heavy atom. The second-order valence-electron chi connectivity index (χ2n) is 4.03. The summed E-state index contributed by atoms with van der Waals surface area (Å²) in [4.78, 5) is 10.4. The molecule has 0 fully saturated rings. The van der Waals surface area contributed by atoms with Gasteiger partial charge in [-0.25, -0.2) is 4.39 Å². The fraction of sp³-hybridized carbons (Fsp3) is 0.500. The zero-order valence-electron chi connectivity index (χ0n) is 10.2. The molecule has 100 valence electrons. The fourth-order valence-corrected chi connectivity index (χ4v) is 2.05. The van der Waals surface area contributed by atoms with E-state index in [1.54, 1.807) is 22.6 Å². The highest BCUT2D eigenvalue weighted by Gasteiger charge is 2.16. The summed E-state index contributed by atoms with van der Waals surface area (Å²) in [6, 6.07) is 2.45. The third kappa shape index (κ3) is 4.40. The summed E-state index contributed by atoms with van der Waals surface area (Å²) in [7, 11) is 0. The van der Waals surface area contributed by atoms with Crippen LogP contribution in [0.5, 0.6) is 0 Å². The second-order valence-corrected chi connectivity index (χ2v) is 5.19. The van der Waals surface area contributed by atoms with Crippen molar-refractivity contribution in [3.63, 3.8) is 0 Å². The third-order valence-electron chi connectivity index (χ3n) is 2.58. The van der Waals surface area contributed by atoms with Gasteiger partial charge in [0.2, 0.25) is 0 Å². The maximum atomic E-state index is 13.4. The molecule has 0 amide bonds. The van der Waals surface area contributed by atoms with Crippen LogP contribution >= 0.6 is 22.6 Å². The van der Waals surface area contributed by atoms with Crippen LogP contribution in [0.2, 0.25) is 0 Å². The first kappa shape index (κ1) is 15.1. The number of nitrogens with one attached hydrogen (secondary N) is 1. The first-order chi connectivity index (χ1) is 8.56. The van der Waals surface area contributed by atoms with Crippen LogP contribution < -0.4 is 5.32 Å². The number of hydrogen-bond donors (Lipinski definition) is 1. The Bertz CT molecular complexity index is 427. The molecule has 0 saturated carbocycles. The molecule has 0 saturated heterocycles. The van der Waals surface area contributed by atoms with E-state index < -0.39 is 10.7 Å². The maximum Gasteiger partial charge on any atom is 0.293 e. The van der Waals surface area contributed by atoms with Gasteiger partial charge in [0.05, 0.1) is 8.49 Å². The van der Waals surface area contributed by atoms with Gasteiger partial charge in [-0.2, -0.15) is 0 Å². The van der Waals surface area contributed by atoms with Crippen molar-refractivity contribution in [2.24, 2.45) is 0 Å². The molecule has 1 aromatic carbocycles. The molecule has 0 aromatic heterocycles. The lowest BCUT2D eigenvalue weighted by atomic mass is 10.2. The van der Waals surface area contributed by atoms with Gasteiger partial charge in [-0.15, -0.1) is 0 Å². The Morgan fingerprint density at radius 3 is 2.72 bits per heavy atom. The molecule has 0 aliphatic heterocycles. The van der Waals surface area contributed by atoms with E-state index in [1.807, 2.05) is 0 Å². The van der Waals surface area contributed by atoms with Gasteiger partial charge in [0.25, 0.3) is 5.69 Å². The molecule has 0 aliphatic rings. The zero-order valence-corrected chi connectivity index (χ0v) is 12.4. The van der Waals surface area contributed by atoms with Crippen molar-refractivity contribution in [3.8, 4) is 0 Å². The molecule has 6 heteroatoms. The summed E-state index contributed by atoms with van der Waals surface area (Å²) in [5.41, 5.74) is 0.186. The number of benzene rings is 1. The molecule has 0 spiro atoms. The second kappa shape index (κ2) is 7.50. The van der Waals surface area contributed by atoms with Crippen molar-refractivity contribution in [2.45, 2.75) is 32.6 Å². The monoisotopic (exact) mass is 366 g/mol. The Kier molecular flexibility index (Phi) is 6.31. The lowest BCUT2D eigenvalue weighted by Gasteiger charge is -2.07. The highest BCUT2D eigenvalue weighted by atomic mass is 127. The maximum absolute atomic E-state index is 13.4. The van der Waals surface area contributed by atoms with E-state index in [0.717, 1.165) is 25.7 Å². The van der Waals surface area contributed by atoms with Crippen molar-refractivity contribution in [3.05, 3.63) is 31.6 Å². The van der Waals surface area contributed by atoms with E-state index in [9.17, 15) is 14.5 Å². The summed E-state index contributed by atoms with van der Waals surface area (Å²) in [6.45, 7) is 2.74. The van der Waals surface area contributed by atoms with Crippen LogP contribution in [0.15, 0.2) is 12.1 Å². The summed E-state index contributed by atoms with van der Waals surface area (Å²) in [5.74, 6) is -0.433. The van der Waals surface area contributed by atoms with Gasteiger partial charge in [0.15, 0.2) is 0 Å². The first-order valence-electron chi connectivity index (χ1n) is 5.93. The minimum absolute atomic E-state index is 0.0729. The number of nitro benzene ring substituents is 1. The lowest BCUT2D eigenvalue weighted by molar-refractivity contribution is -0.384. The highest BCUT2D eigenvalue weighted by Crippen LogP contribution is 2.28. The Labute approximate surface area is 119 Å². The zero-order chi connectivity index (χ0) is 13.5. The molecule has 0 heterocycles. The van der Waals surface area contributed by atoms with Gasteiger partial charge in [-0.1, -0.05) is 26.2 Å². The molecule has 0 unspecified atom stereocenters. The van der Waals surface area contributed by atoms with Crippen LogP contribution in [0.3, 0.4) is 0 Å². The molecule has 0 aliphatic carbocycles. The number of nitro groups is 1. The number of hydrogen-bond acceptors (Lipinski definition) is 3. The van der Waals surface area contributed by atoms with Crippen LogP contribution in [0.4, 0.5) is 15.8 Å². The van der Waals surface area contributed by atoms with Gasteiger partial charge in [-0.3, -0.25) is 10.1 Å². The molecule has 0 atom stereocenters. The summed E-state index contributed by atoms with van der Waals surface area (Å²) in [5, 5.41) is 13.8. The minimum Gasteiger partial charge on any atom is -0.379 e. The van der Waals surface area contributed by atoms with Gasteiger partial charge in [-0.05, 0) is 29.0 Å². The fourth-order valence-electron chi connectivity index (χ4n) is 1.60. The van der Waals surface area contributed by atoms with Crippen molar-refractivity contribution in [2.75, 3.05) is 11.9 Å². The number of halogens is 2. The third-order valence-corrected chi connectivity index (χ3v) is 3.41. The smallest absolute Gasteiger partial charge is 0.293 e. The Morgan fingerprint density at radius 2 is 2.11 bits per heavy atom. The van der Waals surface area contributed by atoms with Crippen LogP contribution in [-0.4, -0.2) is 11.5 Å². The average molecular weight is 366 g/mol. The normalized spacial score (nSPS) is 10.4. The Balaban J connectivity index is 2.68. The van der Waals surface area contributed by atoms with E-state index in [4.69, 9.17) is 0 Å². The van der Waals surface area contributed by atoms with E-state index in [1.165, 1.54) is 12.1 Å². The predicted octanol–water partition coefficient (Wildman–Crippen LogP) is 4.33.